The predicted molar refractivity (Wildman–Crippen MR) is 330 cm³/mol. The van der Waals surface area contributed by atoms with E-state index in [2.05, 4.69) is 142 Å². The van der Waals surface area contributed by atoms with Gasteiger partial charge in [0.05, 0.1) is 0 Å². The minimum atomic E-state index is -0.799. The summed E-state index contributed by atoms with van der Waals surface area (Å²) in [6, 6.07) is 0. The van der Waals surface area contributed by atoms with E-state index < -0.39 is 6.10 Å². The maximum atomic E-state index is 12.9. The van der Waals surface area contributed by atoms with Crippen molar-refractivity contribution in [3.05, 3.63) is 122 Å². The molecule has 0 heterocycles. The fourth-order valence-electron chi connectivity index (χ4n) is 8.45. The van der Waals surface area contributed by atoms with Crippen molar-refractivity contribution in [1.29, 1.82) is 0 Å². The molecule has 432 valence electrons. The summed E-state index contributed by atoms with van der Waals surface area (Å²) in [5.74, 6) is -0.927. The highest BCUT2D eigenvalue weighted by molar-refractivity contribution is 5.71. The zero-order valence-corrected chi connectivity index (χ0v) is 49.5. The Balaban J connectivity index is 4.44. The molecule has 0 spiro atoms. The Morgan fingerprint density at radius 1 is 0.276 bits per heavy atom. The first-order valence-electron chi connectivity index (χ1n) is 31.5. The van der Waals surface area contributed by atoms with E-state index in [1.54, 1.807) is 0 Å². The van der Waals surface area contributed by atoms with E-state index in [1.165, 1.54) is 96.3 Å². The Kier molecular flexibility index (Phi) is 59.9. The highest BCUT2D eigenvalue weighted by Gasteiger charge is 2.19. The lowest BCUT2D eigenvalue weighted by Crippen LogP contribution is -2.30. The van der Waals surface area contributed by atoms with Gasteiger partial charge in [-0.15, -0.1) is 0 Å². The van der Waals surface area contributed by atoms with E-state index in [0.717, 1.165) is 148 Å². The molecule has 6 nitrogen and oxygen atoms in total. The molecule has 0 aromatic rings. The predicted octanol–water partition coefficient (Wildman–Crippen LogP) is 21.6. The fourth-order valence-corrected chi connectivity index (χ4v) is 8.45. The third kappa shape index (κ3) is 60.7. The lowest BCUT2D eigenvalue weighted by molar-refractivity contribution is -0.167. The first-order chi connectivity index (χ1) is 37.5. The third-order valence-corrected chi connectivity index (χ3v) is 13.2. The average Bonchev–Trinajstić information content (AvgIpc) is 3.42. The van der Waals surface area contributed by atoms with Crippen molar-refractivity contribution in [1.82, 2.24) is 0 Å². The second-order valence-electron chi connectivity index (χ2n) is 20.6. The van der Waals surface area contributed by atoms with Gasteiger partial charge in [-0.05, 0) is 135 Å². The van der Waals surface area contributed by atoms with Crippen LogP contribution in [0.4, 0.5) is 0 Å². The van der Waals surface area contributed by atoms with Gasteiger partial charge in [-0.25, -0.2) is 0 Å². The Morgan fingerprint density at radius 2 is 0.513 bits per heavy atom. The molecule has 0 radical (unpaired) electrons. The monoisotopic (exact) mass is 1050 g/mol. The van der Waals surface area contributed by atoms with Crippen LogP contribution in [0.2, 0.25) is 0 Å². The number of carbonyl (C=O) groups is 3. The molecule has 0 amide bonds. The Hall–Kier alpha value is -4.19. The molecule has 0 N–H and O–H groups in total. The van der Waals surface area contributed by atoms with E-state index in [9.17, 15) is 14.4 Å². The summed E-state index contributed by atoms with van der Waals surface area (Å²) in [6.45, 7) is 6.46. The van der Waals surface area contributed by atoms with Crippen molar-refractivity contribution < 1.29 is 28.6 Å². The fraction of sp³-hybridized carbons (Fsp3) is 0.671. The SMILES string of the molecule is CC/C=C\C/C=C\C/C=C\C/C=C\C/C=C\C/C=C\CCCCCCCCC(=O)OCC(COC(=O)CCCCCCC/C=C\C/C=C\CCCCCC)OC(=O)CCCCCCCCC/C=C\C/C=C\CCCCC. The van der Waals surface area contributed by atoms with E-state index in [-0.39, 0.29) is 31.1 Å². The van der Waals surface area contributed by atoms with Gasteiger partial charge in [0.25, 0.3) is 0 Å². The van der Waals surface area contributed by atoms with Gasteiger partial charge in [-0.2, -0.15) is 0 Å². The minimum Gasteiger partial charge on any atom is -0.462 e. The molecule has 0 bridgehead atoms. The molecule has 0 aromatic carbocycles. The molecule has 0 fully saturated rings. The number of rotatable bonds is 56. The van der Waals surface area contributed by atoms with Gasteiger partial charge in [0, 0.05) is 19.3 Å². The van der Waals surface area contributed by atoms with Crippen molar-refractivity contribution in [3.8, 4) is 0 Å². The van der Waals surface area contributed by atoms with Crippen LogP contribution in [0.15, 0.2) is 122 Å². The average molecular weight is 1050 g/mol. The largest absolute Gasteiger partial charge is 0.462 e. The number of hydrogen-bond acceptors (Lipinski definition) is 6. The molecule has 0 aliphatic carbocycles. The molecule has 0 saturated carbocycles. The summed E-state index contributed by atoms with van der Waals surface area (Å²) in [5.41, 5.74) is 0. The van der Waals surface area contributed by atoms with Crippen molar-refractivity contribution in [2.75, 3.05) is 13.2 Å². The van der Waals surface area contributed by atoms with Crippen LogP contribution in [0.1, 0.15) is 284 Å². The molecule has 1 atom stereocenters. The number of allylic oxidation sites excluding steroid dienone is 20. The highest BCUT2D eigenvalue weighted by atomic mass is 16.6. The van der Waals surface area contributed by atoms with Crippen LogP contribution in [-0.4, -0.2) is 37.2 Å². The molecule has 6 heteroatoms. The maximum absolute atomic E-state index is 12.9. The van der Waals surface area contributed by atoms with Crippen LogP contribution in [0.5, 0.6) is 0 Å². The van der Waals surface area contributed by atoms with Crippen molar-refractivity contribution in [3.63, 3.8) is 0 Å². The third-order valence-electron chi connectivity index (χ3n) is 13.2. The van der Waals surface area contributed by atoms with Gasteiger partial charge in [-0.1, -0.05) is 251 Å². The number of unbranched alkanes of at least 4 members (excludes halogenated alkanes) is 25. The van der Waals surface area contributed by atoms with Gasteiger partial charge >= 0.3 is 17.9 Å². The Bertz CT molecular complexity index is 1590. The molecule has 0 rings (SSSR count). The van der Waals surface area contributed by atoms with E-state index in [0.29, 0.717) is 19.3 Å². The van der Waals surface area contributed by atoms with Crippen LogP contribution in [0.25, 0.3) is 0 Å². The maximum Gasteiger partial charge on any atom is 0.306 e. The summed E-state index contributed by atoms with van der Waals surface area (Å²) in [6.07, 6.45) is 87.6. The van der Waals surface area contributed by atoms with Crippen LogP contribution < -0.4 is 0 Å². The second kappa shape index (κ2) is 63.3. The van der Waals surface area contributed by atoms with Crippen LogP contribution in [0.3, 0.4) is 0 Å². The zero-order chi connectivity index (χ0) is 55.0. The first-order valence-corrected chi connectivity index (χ1v) is 31.5. The summed E-state index contributed by atoms with van der Waals surface area (Å²) in [5, 5.41) is 0. The number of carbonyl (C=O) groups excluding carboxylic acids is 3. The van der Waals surface area contributed by atoms with Gasteiger partial charge in [0.2, 0.25) is 0 Å². The number of ether oxygens (including phenoxy) is 3. The van der Waals surface area contributed by atoms with Gasteiger partial charge < -0.3 is 14.2 Å². The molecule has 0 aromatic heterocycles. The van der Waals surface area contributed by atoms with Crippen LogP contribution >= 0.6 is 0 Å². The van der Waals surface area contributed by atoms with Gasteiger partial charge in [-0.3, -0.25) is 14.4 Å². The van der Waals surface area contributed by atoms with Crippen molar-refractivity contribution >= 4 is 17.9 Å². The van der Waals surface area contributed by atoms with E-state index in [4.69, 9.17) is 14.2 Å². The lowest BCUT2D eigenvalue weighted by Gasteiger charge is -2.18. The molecular formula is C70H116O6. The van der Waals surface area contributed by atoms with Gasteiger partial charge in [0.1, 0.15) is 13.2 Å². The van der Waals surface area contributed by atoms with Crippen LogP contribution in [0, 0.1) is 0 Å². The minimum absolute atomic E-state index is 0.0955. The van der Waals surface area contributed by atoms with Gasteiger partial charge in [0.15, 0.2) is 6.10 Å². The quantitative estimate of drug-likeness (QED) is 0.0261. The Labute approximate surface area is 469 Å². The number of hydrogen-bond donors (Lipinski definition) is 0. The van der Waals surface area contributed by atoms with E-state index >= 15 is 0 Å². The van der Waals surface area contributed by atoms with E-state index in [1.807, 2.05) is 0 Å². The molecular weight excluding hydrogens is 937 g/mol. The highest BCUT2D eigenvalue weighted by Crippen LogP contribution is 2.14. The first kappa shape index (κ1) is 71.8. The normalized spacial score (nSPS) is 12.9. The zero-order valence-electron chi connectivity index (χ0n) is 49.5. The summed E-state index contributed by atoms with van der Waals surface area (Å²) >= 11 is 0. The molecule has 76 heavy (non-hydrogen) atoms. The summed E-state index contributed by atoms with van der Waals surface area (Å²) in [7, 11) is 0. The molecule has 0 aliphatic rings. The second-order valence-corrected chi connectivity index (χ2v) is 20.6. The standard InChI is InChI=1S/C70H116O6/c1-4-7-10-13-16-19-22-25-28-31-32-33-34-35-36-37-38-40-42-45-48-51-54-57-60-63-69(72)75-66-67(65-74-68(71)62-59-56-53-50-47-44-41-30-27-24-21-18-15-12-9-6-3)76-70(73)64-61-58-55-52-49-46-43-39-29-26-23-20-17-14-11-8-5-2/h7,10,16-17,19-21,24-26,28-30,32-33,35-36,38,40-41,67H,4-6,8-9,11-15,18,22-23,27,31,34,37,39,42-66H2,1-3H3/b10-7-,19-16-,20-17-,24-21-,28-25-,29-26-,33-32-,36-35-,40-38-,41-30-. The molecule has 1 unspecified atom stereocenters. The summed E-state index contributed by atoms with van der Waals surface area (Å²) in [4.78, 5) is 38.3. The topological polar surface area (TPSA) is 78.9 Å². The molecule has 0 aliphatic heterocycles. The smallest absolute Gasteiger partial charge is 0.306 e. The van der Waals surface area contributed by atoms with Crippen LogP contribution in [-0.2, 0) is 28.6 Å². The number of esters is 3. The van der Waals surface area contributed by atoms with Crippen molar-refractivity contribution in [2.45, 2.75) is 290 Å². The summed E-state index contributed by atoms with van der Waals surface area (Å²) < 4.78 is 16.9. The lowest BCUT2D eigenvalue weighted by atomic mass is 10.1. The Morgan fingerprint density at radius 3 is 0.829 bits per heavy atom. The van der Waals surface area contributed by atoms with Crippen molar-refractivity contribution in [2.24, 2.45) is 0 Å². The molecule has 0 saturated heterocycles.